The predicted molar refractivity (Wildman–Crippen MR) is 114 cm³/mol. The number of anilines is 2. The van der Waals surface area contributed by atoms with Crippen LogP contribution in [-0.2, 0) is 11.3 Å². The lowest BCUT2D eigenvalue weighted by Crippen LogP contribution is -2.21. The van der Waals surface area contributed by atoms with E-state index in [0.717, 1.165) is 17.0 Å². The minimum absolute atomic E-state index is 0.0937. The molecule has 1 aliphatic heterocycles. The van der Waals surface area contributed by atoms with Crippen LogP contribution in [0.4, 0.5) is 11.4 Å². The summed E-state index contributed by atoms with van der Waals surface area (Å²) in [7, 11) is 0. The number of hydrogen-bond donors (Lipinski definition) is 2. The van der Waals surface area contributed by atoms with Gasteiger partial charge in [0.2, 0.25) is 12.7 Å². The van der Waals surface area contributed by atoms with Crippen molar-refractivity contribution in [1.82, 2.24) is 4.57 Å². The van der Waals surface area contributed by atoms with Crippen LogP contribution in [0.15, 0.2) is 52.6 Å². The van der Waals surface area contributed by atoms with Crippen molar-refractivity contribution >= 4 is 34.5 Å². The fourth-order valence-corrected chi connectivity index (χ4v) is 3.82. The van der Waals surface area contributed by atoms with Gasteiger partial charge in [-0.25, -0.2) is 0 Å². The van der Waals surface area contributed by atoms with Crippen LogP contribution in [-0.4, -0.2) is 23.2 Å². The molecular formula is C21H19N3O5S. The van der Waals surface area contributed by atoms with Crippen LogP contribution in [0.1, 0.15) is 22.5 Å². The number of carbonyl (C=O) groups excluding carboxylic acids is 2. The maximum atomic E-state index is 12.8. The van der Waals surface area contributed by atoms with Gasteiger partial charge in [0, 0.05) is 35.8 Å². The highest BCUT2D eigenvalue weighted by Gasteiger charge is 2.17. The van der Waals surface area contributed by atoms with E-state index in [4.69, 9.17) is 9.47 Å². The molecule has 2 heterocycles. The van der Waals surface area contributed by atoms with Crippen LogP contribution in [0.25, 0.3) is 0 Å². The molecule has 0 fully saturated rings. The van der Waals surface area contributed by atoms with Crippen molar-refractivity contribution in [2.75, 3.05) is 17.4 Å². The number of para-hydroxylation sites is 1. The highest BCUT2D eigenvalue weighted by molar-refractivity contribution is 7.07. The lowest BCUT2D eigenvalue weighted by atomic mass is 10.1. The van der Waals surface area contributed by atoms with Gasteiger partial charge in [-0.3, -0.25) is 14.4 Å². The number of ether oxygens (including phenoxy) is 2. The maximum absolute atomic E-state index is 12.8. The second-order valence-electron chi connectivity index (χ2n) is 6.66. The molecule has 0 saturated heterocycles. The fourth-order valence-electron chi connectivity index (χ4n) is 3.06. The molecule has 3 aromatic rings. The second-order valence-corrected chi connectivity index (χ2v) is 7.48. The predicted octanol–water partition coefficient (Wildman–Crippen LogP) is 3.23. The van der Waals surface area contributed by atoms with Crippen LogP contribution < -0.4 is 25.0 Å². The smallest absolute Gasteiger partial charge is 0.307 e. The summed E-state index contributed by atoms with van der Waals surface area (Å²) < 4.78 is 12.1. The summed E-state index contributed by atoms with van der Waals surface area (Å²) in [5.74, 6) is 0.541. The molecule has 154 valence electrons. The van der Waals surface area contributed by atoms with E-state index in [1.165, 1.54) is 0 Å². The van der Waals surface area contributed by atoms with Crippen LogP contribution in [0, 0.1) is 6.92 Å². The minimum atomic E-state index is -0.366. The molecule has 0 unspecified atom stereocenters. The Bertz CT molecular complexity index is 1170. The zero-order valence-corrected chi connectivity index (χ0v) is 17.0. The summed E-state index contributed by atoms with van der Waals surface area (Å²) in [5.41, 5.74) is 2.10. The molecule has 4 rings (SSSR count). The Kier molecular flexibility index (Phi) is 5.53. The number of aryl methyl sites for hydroxylation is 1. The largest absolute Gasteiger partial charge is 0.454 e. The van der Waals surface area contributed by atoms with E-state index in [-0.39, 0.29) is 36.4 Å². The fraction of sp³-hybridized carbons (Fsp3) is 0.190. The molecule has 2 aromatic carbocycles. The molecule has 0 atom stereocenters. The third-order valence-corrected chi connectivity index (χ3v) is 5.50. The first-order valence-electron chi connectivity index (χ1n) is 9.26. The van der Waals surface area contributed by atoms with Gasteiger partial charge in [-0.05, 0) is 31.2 Å². The zero-order valence-electron chi connectivity index (χ0n) is 16.1. The highest BCUT2D eigenvalue weighted by atomic mass is 32.1. The summed E-state index contributed by atoms with van der Waals surface area (Å²) in [5, 5.41) is 7.32. The van der Waals surface area contributed by atoms with Crippen LogP contribution in [0.3, 0.4) is 0 Å². The van der Waals surface area contributed by atoms with Gasteiger partial charge in [-0.1, -0.05) is 23.5 Å². The number of carbonyl (C=O) groups is 2. The Hall–Kier alpha value is -3.59. The normalized spacial score (nSPS) is 11.9. The van der Waals surface area contributed by atoms with E-state index in [1.54, 1.807) is 52.4 Å². The molecule has 2 N–H and O–H groups in total. The quantitative estimate of drug-likeness (QED) is 0.632. The molecule has 0 radical (unpaired) electrons. The summed E-state index contributed by atoms with van der Waals surface area (Å²) in [6.45, 7) is 2.26. The summed E-state index contributed by atoms with van der Waals surface area (Å²) in [6, 6.07) is 11.9. The number of rotatable bonds is 6. The van der Waals surface area contributed by atoms with Crippen molar-refractivity contribution in [2.45, 2.75) is 19.9 Å². The standard InChI is InChI=1S/C21H19N3O5S/c1-13-11-30-21(27)24(13)9-8-19(25)23-16-5-3-2-4-15(16)20(26)22-14-6-7-17-18(10-14)29-12-28-17/h2-7,10-11H,8-9,12H2,1H3,(H,22,26)(H,23,25). The Morgan fingerprint density at radius 3 is 2.70 bits per heavy atom. The van der Waals surface area contributed by atoms with Gasteiger partial charge >= 0.3 is 4.87 Å². The number of fused-ring (bicyclic) bond motifs is 1. The number of amides is 2. The molecule has 1 aromatic heterocycles. The maximum Gasteiger partial charge on any atom is 0.307 e. The van der Waals surface area contributed by atoms with Crippen molar-refractivity contribution < 1.29 is 19.1 Å². The summed E-state index contributed by atoms with van der Waals surface area (Å²) in [4.78, 5) is 36.9. The van der Waals surface area contributed by atoms with Crippen molar-refractivity contribution in [2.24, 2.45) is 0 Å². The van der Waals surface area contributed by atoms with Crippen LogP contribution >= 0.6 is 11.3 Å². The van der Waals surface area contributed by atoms with Gasteiger partial charge in [0.15, 0.2) is 11.5 Å². The SMILES string of the molecule is Cc1csc(=O)n1CCC(=O)Nc1ccccc1C(=O)Nc1ccc2c(c1)OCO2. The number of nitrogens with one attached hydrogen (secondary N) is 2. The molecule has 8 nitrogen and oxygen atoms in total. The van der Waals surface area contributed by atoms with Gasteiger partial charge in [-0.15, -0.1) is 0 Å². The first-order valence-corrected chi connectivity index (χ1v) is 10.1. The van der Waals surface area contributed by atoms with Crippen LogP contribution in [0.2, 0.25) is 0 Å². The number of benzene rings is 2. The Morgan fingerprint density at radius 1 is 1.10 bits per heavy atom. The molecule has 0 spiro atoms. The third-order valence-electron chi connectivity index (χ3n) is 4.62. The Labute approximate surface area is 176 Å². The van der Waals surface area contributed by atoms with Gasteiger partial charge < -0.3 is 24.7 Å². The van der Waals surface area contributed by atoms with E-state index < -0.39 is 0 Å². The van der Waals surface area contributed by atoms with Crippen LogP contribution in [0.5, 0.6) is 11.5 Å². The molecule has 2 amide bonds. The highest BCUT2D eigenvalue weighted by Crippen LogP contribution is 2.34. The van der Waals surface area contributed by atoms with Gasteiger partial charge in [0.1, 0.15) is 0 Å². The summed E-state index contributed by atoms with van der Waals surface area (Å²) in [6.07, 6.45) is 0.121. The second kappa shape index (κ2) is 8.42. The van der Waals surface area contributed by atoms with Crippen molar-refractivity contribution in [3.63, 3.8) is 0 Å². The molecule has 30 heavy (non-hydrogen) atoms. The van der Waals surface area contributed by atoms with E-state index in [0.29, 0.717) is 28.4 Å². The van der Waals surface area contributed by atoms with E-state index in [1.807, 2.05) is 6.92 Å². The molecular weight excluding hydrogens is 406 g/mol. The molecule has 0 saturated carbocycles. The third kappa shape index (κ3) is 4.20. The number of hydrogen-bond acceptors (Lipinski definition) is 6. The van der Waals surface area contributed by atoms with Crippen molar-refractivity contribution in [1.29, 1.82) is 0 Å². The number of nitrogens with zero attached hydrogens (tertiary/aromatic N) is 1. The summed E-state index contributed by atoms with van der Waals surface area (Å²) >= 11 is 1.11. The first kappa shape index (κ1) is 19.7. The Balaban J connectivity index is 1.43. The Morgan fingerprint density at radius 2 is 1.90 bits per heavy atom. The average molecular weight is 425 g/mol. The zero-order chi connectivity index (χ0) is 21.1. The molecule has 0 aliphatic carbocycles. The number of thiazole rings is 1. The van der Waals surface area contributed by atoms with E-state index in [2.05, 4.69) is 10.6 Å². The van der Waals surface area contributed by atoms with Gasteiger partial charge in [0.25, 0.3) is 5.91 Å². The topological polar surface area (TPSA) is 98.7 Å². The molecule has 1 aliphatic rings. The monoisotopic (exact) mass is 425 g/mol. The van der Waals surface area contributed by atoms with E-state index >= 15 is 0 Å². The van der Waals surface area contributed by atoms with Crippen molar-refractivity contribution in [3.05, 3.63) is 68.8 Å². The van der Waals surface area contributed by atoms with Gasteiger partial charge in [0.05, 0.1) is 11.3 Å². The van der Waals surface area contributed by atoms with Crippen molar-refractivity contribution in [3.8, 4) is 11.5 Å². The van der Waals surface area contributed by atoms with Gasteiger partial charge in [-0.2, -0.15) is 0 Å². The average Bonchev–Trinajstić information content (AvgIpc) is 3.32. The lowest BCUT2D eigenvalue weighted by Gasteiger charge is -2.12. The number of aromatic nitrogens is 1. The minimum Gasteiger partial charge on any atom is -0.454 e. The van der Waals surface area contributed by atoms with E-state index in [9.17, 15) is 14.4 Å². The lowest BCUT2D eigenvalue weighted by molar-refractivity contribution is -0.116. The molecule has 0 bridgehead atoms. The first-order chi connectivity index (χ1) is 14.5. The molecule has 9 heteroatoms.